The number of urea groups is 1. The number of carbonyl (C=O) groups is 5. The number of Topliss-reactive ketones (excluding diaryl/α,β-unsaturated/α-hetero) is 1. The molecule has 0 spiro atoms. The molecule has 2 saturated carbocycles. The average molecular weight is 674 g/mol. The van der Waals surface area contributed by atoms with Gasteiger partial charge in [0.25, 0.3) is 5.91 Å². The second-order valence-electron chi connectivity index (χ2n) is 15.7. The Morgan fingerprint density at radius 3 is 2.15 bits per heavy atom. The van der Waals surface area contributed by atoms with Gasteiger partial charge in [-0.2, -0.15) is 0 Å². The van der Waals surface area contributed by atoms with Gasteiger partial charge in [0.2, 0.25) is 17.6 Å². The highest BCUT2D eigenvalue weighted by Gasteiger charge is 2.70. The van der Waals surface area contributed by atoms with E-state index in [-0.39, 0.29) is 40.6 Å². The largest absolute Gasteiger partial charge is 0.363 e. The molecule has 1 saturated heterocycles. The third kappa shape index (κ3) is 8.71. The summed E-state index contributed by atoms with van der Waals surface area (Å²) < 4.78 is 26.1. The van der Waals surface area contributed by atoms with Crippen molar-refractivity contribution in [1.29, 1.82) is 0 Å². The number of nitrogens with two attached hydrogens (primary N) is 1. The van der Waals surface area contributed by atoms with Gasteiger partial charge in [-0.05, 0) is 46.5 Å². The zero-order valence-electron chi connectivity index (χ0n) is 28.5. The molecule has 2 aliphatic carbocycles. The summed E-state index contributed by atoms with van der Waals surface area (Å²) in [5.41, 5.74) is 4.95. The van der Waals surface area contributed by atoms with E-state index in [1.807, 2.05) is 33.8 Å². The molecule has 0 radical (unpaired) electrons. The molecule has 5 N–H and O–H groups in total. The summed E-state index contributed by atoms with van der Waals surface area (Å²) in [6.45, 7) is 13.4. The van der Waals surface area contributed by atoms with Gasteiger partial charge in [0.05, 0.1) is 17.5 Å². The first kappa shape index (κ1) is 36.4. The highest BCUT2D eigenvalue weighted by atomic mass is 32.2. The van der Waals surface area contributed by atoms with Crippen LogP contribution in [0, 0.1) is 34.5 Å². The number of hydrogen-bond acceptors (Lipinski definition) is 7. The predicted octanol–water partition coefficient (Wildman–Crippen LogP) is 2.16. The number of rotatable bonds is 14. The number of nitrogens with one attached hydrogen (secondary N) is 3. The predicted molar refractivity (Wildman–Crippen MR) is 177 cm³/mol. The topological polar surface area (TPSA) is 185 Å². The molecular weight excluding hydrogens is 622 g/mol. The molecule has 260 valence electrons. The molecule has 1 heterocycles. The monoisotopic (exact) mass is 673 g/mol. The summed E-state index contributed by atoms with van der Waals surface area (Å²) in [6.07, 6.45) is 2.12. The Morgan fingerprint density at radius 1 is 1.00 bits per heavy atom. The Bertz CT molecular complexity index is 1480. The molecule has 12 nitrogen and oxygen atoms in total. The Kier molecular flexibility index (Phi) is 10.5. The third-order valence-electron chi connectivity index (χ3n) is 10.1. The van der Waals surface area contributed by atoms with Gasteiger partial charge in [0.1, 0.15) is 12.1 Å². The number of likely N-dealkylation sites (tertiary alicyclic amines) is 1. The van der Waals surface area contributed by atoms with Crippen LogP contribution in [0.4, 0.5) is 4.79 Å². The summed E-state index contributed by atoms with van der Waals surface area (Å²) in [7, 11) is -3.58. The summed E-state index contributed by atoms with van der Waals surface area (Å²) in [4.78, 5) is 67.3. The fourth-order valence-corrected chi connectivity index (χ4v) is 8.71. The van der Waals surface area contributed by atoms with Gasteiger partial charge >= 0.3 is 6.03 Å². The number of ketones is 1. The Balaban J connectivity index is 1.49. The number of sulfone groups is 1. The van der Waals surface area contributed by atoms with Gasteiger partial charge in [-0.1, -0.05) is 91.6 Å². The minimum absolute atomic E-state index is 0.0468. The van der Waals surface area contributed by atoms with Crippen LogP contribution >= 0.6 is 0 Å². The Hall–Kier alpha value is -3.48. The zero-order valence-corrected chi connectivity index (χ0v) is 29.4. The molecule has 3 unspecified atom stereocenters. The number of nitrogens with zero attached hydrogens (tertiary/aromatic N) is 1. The van der Waals surface area contributed by atoms with Crippen LogP contribution in [0.25, 0.3) is 0 Å². The SMILES string of the molecule is CC(C)[C@@H](CS(=O)(=O)Cc1ccccc1)NC(=O)N[C@H](C(=O)N1CC2C([C@H]1C(=O)NC(CC1CC1)C(=O)C(N)=O)C2(C)C)C(C)(C)C. The number of fused-ring (bicyclic) bond motifs is 1. The summed E-state index contributed by atoms with van der Waals surface area (Å²) in [6, 6.07) is 4.41. The van der Waals surface area contributed by atoms with Crippen LogP contribution in [-0.4, -0.2) is 79.3 Å². The molecule has 47 heavy (non-hydrogen) atoms. The first-order valence-electron chi connectivity index (χ1n) is 16.5. The average Bonchev–Trinajstić information content (AvgIpc) is 3.81. The molecule has 1 aromatic rings. The summed E-state index contributed by atoms with van der Waals surface area (Å²) in [5, 5.41) is 8.32. The third-order valence-corrected chi connectivity index (χ3v) is 11.7. The summed E-state index contributed by atoms with van der Waals surface area (Å²) >= 11 is 0. The molecule has 1 aromatic carbocycles. The number of amides is 5. The molecular formula is C34H51N5O7S. The van der Waals surface area contributed by atoms with Gasteiger partial charge in [-0.25, -0.2) is 13.2 Å². The van der Waals surface area contributed by atoms with Crippen molar-refractivity contribution in [2.75, 3.05) is 12.3 Å². The maximum atomic E-state index is 14.3. The second-order valence-corrected chi connectivity index (χ2v) is 17.8. The molecule has 3 fully saturated rings. The van der Waals surface area contributed by atoms with Crippen molar-refractivity contribution < 1.29 is 32.4 Å². The van der Waals surface area contributed by atoms with Crippen LogP contribution in [0.5, 0.6) is 0 Å². The van der Waals surface area contributed by atoms with Gasteiger partial charge in [-0.15, -0.1) is 0 Å². The molecule has 0 bridgehead atoms. The van der Waals surface area contributed by atoms with Crippen LogP contribution in [0.2, 0.25) is 0 Å². The fourth-order valence-electron chi connectivity index (χ4n) is 6.88. The molecule has 3 aliphatic rings. The van der Waals surface area contributed by atoms with Crippen LogP contribution in [0.15, 0.2) is 30.3 Å². The standard InChI is InChI=1S/C34H51N5O7S/c1-19(2)24(18-47(45,46)17-21-11-9-8-10-12-21)37-32(44)38-28(33(3,4)5)31(43)39-16-22-25(34(22,6)7)26(39)30(42)36-23(15-20-13-14-20)27(40)29(35)41/h8-12,19-20,22-26,28H,13-18H2,1-7H3,(H2,35,41)(H,36,42)(H2,37,38,44)/t22?,23?,24-,25?,26+,28-/m1/s1. The molecule has 13 heteroatoms. The minimum atomic E-state index is -3.58. The first-order valence-corrected chi connectivity index (χ1v) is 18.3. The van der Waals surface area contributed by atoms with Crippen molar-refractivity contribution in [2.24, 2.45) is 40.2 Å². The molecule has 5 amide bonds. The lowest BCUT2D eigenvalue weighted by atomic mass is 9.85. The van der Waals surface area contributed by atoms with Crippen LogP contribution in [-0.2, 0) is 34.8 Å². The van der Waals surface area contributed by atoms with Gasteiger partial charge < -0.3 is 26.6 Å². The van der Waals surface area contributed by atoms with Crippen molar-refractivity contribution >= 4 is 39.4 Å². The van der Waals surface area contributed by atoms with Crippen LogP contribution in [0.1, 0.15) is 73.3 Å². The first-order chi connectivity index (χ1) is 21.7. The summed E-state index contributed by atoms with van der Waals surface area (Å²) in [5.74, 6) is -3.48. The minimum Gasteiger partial charge on any atom is -0.363 e. The normalized spacial score (nSPS) is 23.7. The maximum absolute atomic E-state index is 14.3. The van der Waals surface area contributed by atoms with Crippen LogP contribution in [0.3, 0.4) is 0 Å². The number of piperidine rings is 1. The molecule has 1 aliphatic heterocycles. The highest BCUT2D eigenvalue weighted by molar-refractivity contribution is 7.90. The van der Waals surface area contributed by atoms with E-state index >= 15 is 0 Å². The highest BCUT2D eigenvalue weighted by Crippen LogP contribution is 2.65. The lowest BCUT2D eigenvalue weighted by molar-refractivity contribution is -0.145. The van der Waals surface area contributed by atoms with Crippen molar-refractivity contribution in [3.8, 4) is 0 Å². The van der Waals surface area contributed by atoms with Gasteiger partial charge in [0.15, 0.2) is 9.84 Å². The van der Waals surface area contributed by atoms with Crippen LogP contribution < -0.4 is 21.7 Å². The van der Waals surface area contributed by atoms with Gasteiger partial charge in [0, 0.05) is 12.6 Å². The van der Waals surface area contributed by atoms with E-state index in [0.717, 1.165) is 12.8 Å². The Labute approximate surface area is 278 Å². The number of hydrogen-bond donors (Lipinski definition) is 4. The molecule has 0 aromatic heterocycles. The van der Waals surface area contributed by atoms with Gasteiger partial charge in [-0.3, -0.25) is 19.2 Å². The second kappa shape index (κ2) is 13.6. The zero-order chi connectivity index (χ0) is 35.1. The van der Waals surface area contributed by atoms with E-state index in [4.69, 9.17) is 5.73 Å². The quantitative estimate of drug-likeness (QED) is 0.218. The van der Waals surface area contributed by atoms with E-state index in [1.165, 1.54) is 4.90 Å². The lowest BCUT2D eigenvalue weighted by Crippen LogP contribution is -2.62. The van der Waals surface area contributed by atoms with E-state index in [0.29, 0.717) is 18.5 Å². The van der Waals surface area contributed by atoms with Crippen molar-refractivity contribution in [2.45, 2.75) is 97.6 Å². The van der Waals surface area contributed by atoms with Crippen molar-refractivity contribution in [1.82, 2.24) is 20.9 Å². The van der Waals surface area contributed by atoms with Crippen molar-refractivity contribution in [3.63, 3.8) is 0 Å². The van der Waals surface area contributed by atoms with E-state index < -0.39 is 69.0 Å². The number of benzene rings is 1. The Morgan fingerprint density at radius 2 is 1.62 bits per heavy atom. The van der Waals surface area contributed by atoms with E-state index in [1.54, 1.807) is 45.0 Å². The smallest absolute Gasteiger partial charge is 0.315 e. The van der Waals surface area contributed by atoms with E-state index in [9.17, 15) is 32.4 Å². The number of carbonyl (C=O) groups excluding carboxylic acids is 5. The lowest BCUT2D eigenvalue weighted by Gasteiger charge is -2.38. The molecule has 4 rings (SSSR count). The molecule has 6 atom stereocenters. The maximum Gasteiger partial charge on any atom is 0.315 e. The van der Waals surface area contributed by atoms with E-state index in [2.05, 4.69) is 16.0 Å². The fraction of sp³-hybridized carbons (Fsp3) is 0.676. The number of primary amides is 1. The van der Waals surface area contributed by atoms with Crippen molar-refractivity contribution in [3.05, 3.63) is 35.9 Å².